The summed E-state index contributed by atoms with van der Waals surface area (Å²) in [5.74, 6) is 0.181. The SMILES string of the molecule is CC(Nc1ccccc1C(C)C)C(=O)OC(C)(C)C. The molecule has 0 spiro atoms. The molecular formula is C16H25NO2. The zero-order valence-electron chi connectivity index (χ0n) is 12.8. The molecule has 1 atom stereocenters. The summed E-state index contributed by atoms with van der Waals surface area (Å²) in [5.41, 5.74) is 1.75. The van der Waals surface area contributed by atoms with Crippen molar-refractivity contribution in [2.45, 2.75) is 59.1 Å². The van der Waals surface area contributed by atoms with Crippen LogP contribution >= 0.6 is 0 Å². The summed E-state index contributed by atoms with van der Waals surface area (Å²) in [5, 5.41) is 3.24. The van der Waals surface area contributed by atoms with E-state index in [-0.39, 0.29) is 12.0 Å². The van der Waals surface area contributed by atoms with Crippen molar-refractivity contribution < 1.29 is 9.53 Å². The van der Waals surface area contributed by atoms with Gasteiger partial charge in [0.1, 0.15) is 11.6 Å². The van der Waals surface area contributed by atoms with E-state index in [1.165, 1.54) is 5.56 Å². The summed E-state index contributed by atoms with van der Waals surface area (Å²) in [6.07, 6.45) is 0. The van der Waals surface area contributed by atoms with Crippen LogP contribution in [-0.2, 0) is 9.53 Å². The number of nitrogens with one attached hydrogen (secondary N) is 1. The first-order valence-corrected chi connectivity index (χ1v) is 6.79. The average molecular weight is 263 g/mol. The van der Waals surface area contributed by atoms with Crippen LogP contribution in [0.3, 0.4) is 0 Å². The van der Waals surface area contributed by atoms with Gasteiger partial charge in [0.15, 0.2) is 0 Å². The van der Waals surface area contributed by atoms with Gasteiger partial charge in [0.2, 0.25) is 0 Å². The normalized spacial score (nSPS) is 13.2. The fraction of sp³-hybridized carbons (Fsp3) is 0.562. The third kappa shape index (κ3) is 4.93. The Labute approximate surface area is 116 Å². The van der Waals surface area contributed by atoms with Gasteiger partial charge in [0, 0.05) is 5.69 Å². The summed E-state index contributed by atoms with van der Waals surface area (Å²) >= 11 is 0. The van der Waals surface area contributed by atoms with Gasteiger partial charge in [-0.15, -0.1) is 0 Å². The molecule has 1 aromatic rings. The lowest BCUT2D eigenvalue weighted by Gasteiger charge is -2.24. The number of rotatable bonds is 4. The number of carbonyl (C=O) groups excluding carboxylic acids is 1. The second kappa shape index (κ2) is 6.09. The Morgan fingerprint density at radius 2 is 1.74 bits per heavy atom. The molecule has 0 radical (unpaired) electrons. The van der Waals surface area contributed by atoms with Gasteiger partial charge in [0.05, 0.1) is 0 Å². The van der Waals surface area contributed by atoms with Crippen molar-refractivity contribution in [2.24, 2.45) is 0 Å². The lowest BCUT2D eigenvalue weighted by atomic mass is 10.0. The van der Waals surface area contributed by atoms with Crippen LogP contribution < -0.4 is 5.32 Å². The van der Waals surface area contributed by atoms with Crippen molar-refractivity contribution in [1.29, 1.82) is 0 Å². The van der Waals surface area contributed by atoms with Gasteiger partial charge in [-0.3, -0.25) is 0 Å². The standard InChI is InChI=1S/C16H25NO2/c1-11(2)13-9-7-8-10-14(13)17-12(3)15(18)19-16(4,5)6/h7-12,17H,1-6H3. The molecule has 0 saturated heterocycles. The van der Waals surface area contributed by atoms with Crippen LogP contribution in [0.1, 0.15) is 53.0 Å². The summed E-state index contributed by atoms with van der Waals surface area (Å²) in [6, 6.07) is 7.69. The Bertz CT molecular complexity index is 433. The van der Waals surface area contributed by atoms with Crippen molar-refractivity contribution in [3.8, 4) is 0 Å². The van der Waals surface area contributed by atoms with Gasteiger partial charge < -0.3 is 10.1 Å². The van der Waals surface area contributed by atoms with Crippen molar-refractivity contribution in [1.82, 2.24) is 0 Å². The molecule has 0 saturated carbocycles. The van der Waals surface area contributed by atoms with Gasteiger partial charge in [-0.2, -0.15) is 0 Å². The van der Waals surface area contributed by atoms with Crippen molar-refractivity contribution in [3.05, 3.63) is 29.8 Å². The van der Waals surface area contributed by atoms with Crippen molar-refractivity contribution in [3.63, 3.8) is 0 Å². The Morgan fingerprint density at radius 1 is 1.16 bits per heavy atom. The van der Waals surface area contributed by atoms with E-state index >= 15 is 0 Å². The fourth-order valence-electron chi connectivity index (χ4n) is 1.81. The second-order valence-corrected chi connectivity index (χ2v) is 6.14. The maximum absolute atomic E-state index is 12.0. The monoisotopic (exact) mass is 263 g/mol. The predicted molar refractivity (Wildman–Crippen MR) is 79.5 cm³/mol. The topological polar surface area (TPSA) is 38.3 Å². The Morgan fingerprint density at radius 3 is 2.26 bits per heavy atom. The fourth-order valence-corrected chi connectivity index (χ4v) is 1.81. The van der Waals surface area contributed by atoms with E-state index < -0.39 is 5.60 Å². The van der Waals surface area contributed by atoms with E-state index in [9.17, 15) is 4.79 Å². The van der Waals surface area contributed by atoms with Gasteiger partial charge in [0.25, 0.3) is 0 Å². The molecule has 3 nitrogen and oxygen atoms in total. The molecule has 0 aliphatic carbocycles. The molecule has 0 bridgehead atoms. The first kappa shape index (κ1) is 15.5. The van der Waals surface area contributed by atoms with Gasteiger partial charge in [-0.25, -0.2) is 4.79 Å². The molecule has 1 aromatic carbocycles. The molecule has 0 aliphatic rings. The molecule has 0 aliphatic heterocycles. The zero-order valence-corrected chi connectivity index (χ0v) is 12.8. The summed E-state index contributed by atoms with van der Waals surface area (Å²) in [7, 11) is 0. The lowest BCUT2D eigenvalue weighted by Crippen LogP contribution is -2.34. The van der Waals surface area contributed by atoms with Crippen molar-refractivity contribution >= 4 is 11.7 Å². The molecule has 1 N–H and O–H groups in total. The number of para-hydroxylation sites is 1. The van der Waals surface area contributed by atoms with E-state index in [1.807, 2.05) is 45.9 Å². The van der Waals surface area contributed by atoms with Crippen LogP contribution in [0.25, 0.3) is 0 Å². The Hall–Kier alpha value is -1.51. The number of esters is 1. The number of hydrogen-bond donors (Lipinski definition) is 1. The van der Waals surface area contributed by atoms with Crippen molar-refractivity contribution in [2.75, 3.05) is 5.32 Å². The highest BCUT2D eigenvalue weighted by Gasteiger charge is 2.22. The molecule has 1 unspecified atom stereocenters. The quantitative estimate of drug-likeness (QED) is 0.836. The van der Waals surface area contributed by atoms with Crippen LogP contribution in [0, 0.1) is 0 Å². The number of ether oxygens (including phenoxy) is 1. The lowest BCUT2D eigenvalue weighted by molar-refractivity contribution is -0.155. The van der Waals surface area contributed by atoms with Crippen LogP contribution in [0.4, 0.5) is 5.69 Å². The van der Waals surface area contributed by atoms with E-state index in [4.69, 9.17) is 4.74 Å². The van der Waals surface area contributed by atoms with E-state index in [1.54, 1.807) is 0 Å². The first-order valence-electron chi connectivity index (χ1n) is 6.79. The number of benzene rings is 1. The molecular weight excluding hydrogens is 238 g/mol. The molecule has 1 rings (SSSR count). The molecule has 0 aromatic heterocycles. The Balaban J connectivity index is 2.77. The minimum Gasteiger partial charge on any atom is -0.458 e. The second-order valence-electron chi connectivity index (χ2n) is 6.14. The smallest absolute Gasteiger partial charge is 0.328 e. The summed E-state index contributed by atoms with van der Waals surface area (Å²) in [6.45, 7) is 11.7. The first-order chi connectivity index (χ1) is 8.70. The van der Waals surface area contributed by atoms with Crippen LogP contribution in [-0.4, -0.2) is 17.6 Å². The maximum atomic E-state index is 12.0. The minimum atomic E-state index is -0.454. The van der Waals surface area contributed by atoms with Gasteiger partial charge in [-0.1, -0.05) is 32.0 Å². The highest BCUT2D eigenvalue weighted by atomic mass is 16.6. The largest absolute Gasteiger partial charge is 0.458 e. The molecule has 0 fully saturated rings. The van der Waals surface area contributed by atoms with Gasteiger partial charge in [-0.05, 0) is 45.2 Å². The zero-order chi connectivity index (χ0) is 14.6. The number of carbonyl (C=O) groups is 1. The van der Waals surface area contributed by atoms with Crippen LogP contribution in [0.15, 0.2) is 24.3 Å². The molecule has 0 amide bonds. The van der Waals surface area contributed by atoms with E-state index in [0.717, 1.165) is 5.69 Å². The Kier molecular flexibility index (Phi) is 4.98. The van der Waals surface area contributed by atoms with Crippen LogP contribution in [0.5, 0.6) is 0 Å². The maximum Gasteiger partial charge on any atom is 0.328 e. The third-order valence-electron chi connectivity index (χ3n) is 2.72. The molecule has 0 heterocycles. The van der Waals surface area contributed by atoms with Crippen LogP contribution in [0.2, 0.25) is 0 Å². The third-order valence-corrected chi connectivity index (χ3v) is 2.72. The predicted octanol–water partition coefficient (Wildman–Crippen LogP) is 3.95. The summed E-state index contributed by atoms with van der Waals surface area (Å²) in [4.78, 5) is 12.0. The number of hydrogen-bond acceptors (Lipinski definition) is 3. The number of anilines is 1. The minimum absolute atomic E-state index is 0.231. The highest BCUT2D eigenvalue weighted by molar-refractivity contribution is 5.79. The molecule has 106 valence electrons. The average Bonchev–Trinajstić information content (AvgIpc) is 2.27. The molecule has 3 heteroatoms. The highest BCUT2D eigenvalue weighted by Crippen LogP contribution is 2.24. The summed E-state index contributed by atoms with van der Waals surface area (Å²) < 4.78 is 5.37. The van der Waals surface area contributed by atoms with Gasteiger partial charge >= 0.3 is 5.97 Å². The molecule has 19 heavy (non-hydrogen) atoms. The van der Waals surface area contributed by atoms with E-state index in [2.05, 4.69) is 25.2 Å². The van der Waals surface area contributed by atoms with E-state index in [0.29, 0.717) is 5.92 Å².